The molecule has 1 atom stereocenters. The van der Waals surface area contributed by atoms with Crippen molar-refractivity contribution in [1.82, 2.24) is 4.90 Å². The fraction of sp³-hybridized carbons (Fsp3) is 0.529. The van der Waals surface area contributed by atoms with Crippen LogP contribution in [-0.4, -0.2) is 38.3 Å². The Bertz CT molecular complexity index is 427. The molecule has 0 aliphatic heterocycles. The van der Waals surface area contributed by atoms with Crippen LogP contribution in [0, 0.1) is 5.92 Å². The van der Waals surface area contributed by atoms with Crippen molar-refractivity contribution in [2.24, 2.45) is 5.92 Å². The van der Waals surface area contributed by atoms with E-state index in [4.69, 9.17) is 9.47 Å². The Labute approximate surface area is 122 Å². The highest BCUT2D eigenvalue weighted by Gasteiger charge is 2.32. The molecule has 1 unspecified atom stereocenters. The largest absolute Gasteiger partial charge is 0.490 e. The van der Waals surface area contributed by atoms with E-state index in [0.29, 0.717) is 12.7 Å². The lowest BCUT2D eigenvalue weighted by atomic mass is 10.1. The number of hydrogen-bond donors (Lipinski definition) is 0. The van der Waals surface area contributed by atoms with Gasteiger partial charge in [-0.05, 0) is 51.4 Å². The molecule has 0 radical (unpaired) electrons. The molecule has 0 N–H and O–H groups in total. The molecule has 0 amide bonds. The number of rotatable bonds is 9. The van der Waals surface area contributed by atoms with Crippen LogP contribution in [0.1, 0.15) is 19.3 Å². The molecule has 2 rings (SSSR count). The van der Waals surface area contributed by atoms with Crippen LogP contribution in [-0.2, 0) is 0 Å². The van der Waals surface area contributed by atoms with Crippen LogP contribution in [0.25, 0.3) is 0 Å². The van der Waals surface area contributed by atoms with Crippen LogP contribution in [0.3, 0.4) is 0 Å². The minimum Gasteiger partial charge on any atom is -0.490 e. The van der Waals surface area contributed by atoms with E-state index in [-0.39, 0.29) is 0 Å². The first-order valence-electron chi connectivity index (χ1n) is 7.34. The van der Waals surface area contributed by atoms with Crippen molar-refractivity contribution in [3.63, 3.8) is 0 Å². The van der Waals surface area contributed by atoms with Gasteiger partial charge in [0.15, 0.2) is 0 Å². The van der Waals surface area contributed by atoms with Gasteiger partial charge >= 0.3 is 0 Å². The molecule has 0 spiro atoms. The molecule has 0 heterocycles. The van der Waals surface area contributed by atoms with E-state index in [2.05, 4.69) is 25.6 Å². The summed E-state index contributed by atoms with van der Waals surface area (Å²) < 4.78 is 11.7. The van der Waals surface area contributed by atoms with Crippen LogP contribution in [0.2, 0.25) is 0 Å². The van der Waals surface area contributed by atoms with Crippen molar-refractivity contribution < 1.29 is 9.47 Å². The first-order chi connectivity index (χ1) is 9.69. The fourth-order valence-electron chi connectivity index (χ4n) is 2.21. The van der Waals surface area contributed by atoms with Gasteiger partial charge in [0, 0.05) is 12.6 Å². The zero-order valence-electron chi connectivity index (χ0n) is 12.5. The Morgan fingerprint density at radius 2 is 2.10 bits per heavy atom. The van der Waals surface area contributed by atoms with Crippen LogP contribution in [0.4, 0.5) is 0 Å². The van der Waals surface area contributed by atoms with Crippen molar-refractivity contribution in [3.8, 4) is 11.5 Å². The van der Waals surface area contributed by atoms with Gasteiger partial charge in [-0.15, -0.1) is 0 Å². The summed E-state index contributed by atoms with van der Waals surface area (Å²) in [7, 11) is 4.21. The van der Waals surface area contributed by atoms with E-state index < -0.39 is 0 Å². The van der Waals surface area contributed by atoms with Gasteiger partial charge in [0.1, 0.15) is 24.2 Å². The molecule has 0 aromatic heterocycles. The van der Waals surface area contributed by atoms with Crippen molar-refractivity contribution >= 4 is 0 Å². The Morgan fingerprint density at radius 3 is 2.75 bits per heavy atom. The third-order valence-corrected chi connectivity index (χ3v) is 3.47. The average Bonchev–Trinajstić information content (AvgIpc) is 3.26. The van der Waals surface area contributed by atoms with E-state index in [9.17, 15) is 0 Å². The molecule has 3 heteroatoms. The van der Waals surface area contributed by atoms with Gasteiger partial charge in [-0.3, -0.25) is 0 Å². The first kappa shape index (κ1) is 14.9. The van der Waals surface area contributed by atoms with E-state index in [0.717, 1.165) is 30.4 Å². The highest BCUT2D eigenvalue weighted by molar-refractivity contribution is 5.33. The van der Waals surface area contributed by atoms with Crippen molar-refractivity contribution in [2.75, 3.05) is 27.2 Å². The highest BCUT2D eigenvalue weighted by atomic mass is 16.5. The third kappa shape index (κ3) is 4.89. The molecule has 1 saturated carbocycles. The summed E-state index contributed by atoms with van der Waals surface area (Å²) in [5.74, 6) is 2.47. The van der Waals surface area contributed by atoms with E-state index in [1.54, 1.807) is 6.08 Å². The quantitative estimate of drug-likeness (QED) is 0.645. The summed E-state index contributed by atoms with van der Waals surface area (Å²) in [4.78, 5) is 2.21. The molecule has 20 heavy (non-hydrogen) atoms. The van der Waals surface area contributed by atoms with Crippen LogP contribution in [0.15, 0.2) is 36.9 Å². The second kappa shape index (κ2) is 7.34. The first-order valence-corrected chi connectivity index (χ1v) is 7.34. The van der Waals surface area contributed by atoms with Gasteiger partial charge in [-0.1, -0.05) is 18.7 Å². The Kier molecular flexibility index (Phi) is 5.48. The second-order valence-corrected chi connectivity index (χ2v) is 5.66. The predicted molar refractivity (Wildman–Crippen MR) is 82.4 cm³/mol. The topological polar surface area (TPSA) is 21.7 Å². The molecule has 1 aromatic rings. The molecule has 1 fully saturated rings. The Hall–Kier alpha value is -1.48. The van der Waals surface area contributed by atoms with Gasteiger partial charge in [0.05, 0.1) is 0 Å². The molecule has 1 aromatic carbocycles. The van der Waals surface area contributed by atoms with Gasteiger partial charge in [-0.2, -0.15) is 0 Å². The van der Waals surface area contributed by atoms with E-state index >= 15 is 0 Å². The summed E-state index contributed by atoms with van der Waals surface area (Å²) in [6.45, 7) is 5.25. The lowest BCUT2D eigenvalue weighted by Crippen LogP contribution is -2.25. The SMILES string of the molecule is C=CCOc1cccc(OC(CCN(C)C)C2CC2)c1. The summed E-state index contributed by atoms with van der Waals surface area (Å²) in [6.07, 6.45) is 5.75. The highest BCUT2D eigenvalue weighted by Crippen LogP contribution is 2.36. The normalized spacial score (nSPS) is 15.9. The van der Waals surface area contributed by atoms with E-state index in [1.165, 1.54) is 12.8 Å². The minimum atomic E-state index is 0.326. The van der Waals surface area contributed by atoms with Crippen molar-refractivity contribution in [1.29, 1.82) is 0 Å². The van der Waals surface area contributed by atoms with Gasteiger partial charge in [0.2, 0.25) is 0 Å². The summed E-state index contributed by atoms with van der Waals surface area (Å²) in [5, 5.41) is 0. The van der Waals surface area contributed by atoms with Crippen LogP contribution in [0.5, 0.6) is 11.5 Å². The summed E-state index contributed by atoms with van der Waals surface area (Å²) in [5.41, 5.74) is 0. The third-order valence-electron chi connectivity index (χ3n) is 3.47. The molecule has 1 aliphatic rings. The number of ether oxygens (including phenoxy) is 2. The van der Waals surface area contributed by atoms with Crippen molar-refractivity contribution in [3.05, 3.63) is 36.9 Å². The fourth-order valence-corrected chi connectivity index (χ4v) is 2.21. The van der Waals surface area contributed by atoms with Crippen LogP contribution >= 0.6 is 0 Å². The molecular weight excluding hydrogens is 250 g/mol. The smallest absolute Gasteiger partial charge is 0.123 e. The zero-order valence-corrected chi connectivity index (χ0v) is 12.5. The lowest BCUT2D eigenvalue weighted by Gasteiger charge is -2.21. The van der Waals surface area contributed by atoms with Gasteiger partial charge < -0.3 is 14.4 Å². The van der Waals surface area contributed by atoms with Crippen molar-refractivity contribution in [2.45, 2.75) is 25.4 Å². The number of hydrogen-bond acceptors (Lipinski definition) is 3. The van der Waals surface area contributed by atoms with Crippen LogP contribution < -0.4 is 9.47 Å². The molecular formula is C17H25NO2. The maximum atomic E-state index is 6.18. The number of nitrogens with zero attached hydrogens (tertiary/aromatic N) is 1. The van der Waals surface area contributed by atoms with E-state index in [1.807, 2.05) is 24.3 Å². The average molecular weight is 275 g/mol. The Balaban J connectivity index is 1.93. The lowest BCUT2D eigenvalue weighted by molar-refractivity contribution is 0.154. The second-order valence-electron chi connectivity index (χ2n) is 5.66. The molecule has 3 nitrogen and oxygen atoms in total. The standard InChI is InChI=1S/C17H25NO2/c1-4-12-19-15-6-5-7-16(13-15)20-17(14-8-9-14)10-11-18(2)3/h4-7,13-14,17H,1,8-12H2,2-3H3. The zero-order chi connectivity index (χ0) is 14.4. The molecule has 0 bridgehead atoms. The Morgan fingerprint density at radius 1 is 1.35 bits per heavy atom. The maximum Gasteiger partial charge on any atom is 0.123 e. The molecule has 0 saturated heterocycles. The minimum absolute atomic E-state index is 0.326. The predicted octanol–water partition coefficient (Wildman–Crippen LogP) is 3.36. The molecule has 110 valence electrons. The van der Waals surface area contributed by atoms with Gasteiger partial charge in [-0.25, -0.2) is 0 Å². The van der Waals surface area contributed by atoms with Gasteiger partial charge in [0.25, 0.3) is 0 Å². The molecule has 1 aliphatic carbocycles. The maximum absolute atomic E-state index is 6.18. The number of benzene rings is 1. The summed E-state index contributed by atoms with van der Waals surface area (Å²) in [6, 6.07) is 7.90. The monoisotopic (exact) mass is 275 g/mol. The summed E-state index contributed by atoms with van der Waals surface area (Å²) >= 11 is 0.